The second-order valence-corrected chi connectivity index (χ2v) is 6.47. The van der Waals surface area contributed by atoms with Crippen molar-refractivity contribution in [1.82, 2.24) is 10.2 Å². The summed E-state index contributed by atoms with van der Waals surface area (Å²) in [5.74, 6) is 0.870. The molecule has 2 rings (SSSR count). The second-order valence-electron chi connectivity index (χ2n) is 6.47. The maximum absolute atomic E-state index is 3.55. The van der Waals surface area contributed by atoms with Crippen molar-refractivity contribution in [2.75, 3.05) is 20.1 Å². The van der Waals surface area contributed by atoms with E-state index in [1.807, 2.05) is 0 Å². The molecule has 0 bridgehead atoms. The van der Waals surface area contributed by atoms with E-state index in [-0.39, 0.29) is 0 Å². The fourth-order valence-electron chi connectivity index (χ4n) is 2.43. The molecule has 1 N–H and O–H groups in total. The fourth-order valence-corrected chi connectivity index (χ4v) is 2.43. The summed E-state index contributed by atoms with van der Waals surface area (Å²) < 4.78 is 0. The SMILES string of the molecule is CC(C)N(C)CCCCNCc1ccc(C2CC2)cc1. The van der Waals surface area contributed by atoms with E-state index in [2.05, 4.69) is 55.4 Å². The zero-order chi connectivity index (χ0) is 14.4. The largest absolute Gasteiger partial charge is 0.313 e. The third kappa shape index (κ3) is 5.26. The molecule has 0 unspecified atom stereocenters. The molecule has 1 fully saturated rings. The van der Waals surface area contributed by atoms with Crippen LogP contribution in [0, 0.1) is 0 Å². The van der Waals surface area contributed by atoms with Crippen LogP contribution in [0.1, 0.15) is 56.6 Å². The minimum atomic E-state index is 0.660. The van der Waals surface area contributed by atoms with E-state index >= 15 is 0 Å². The lowest BCUT2D eigenvalue weighted by molar-refractivity contribution is 0.268. The van der Waals surface area contributed by atoms with Crippen molar-refractivity contribution in [2.45, 2.75) is 58.0 Å². The monoisotopic (exact) mass is 274 g/mol. The van der Waals surface area contributed by atoms with Gasteiger partial charge in [-0.05, 0) is 76.7 Å². The highest BCUT2D eigenvalue weighted by Crippen LogP contribution is 2.39. The predicted molar refractivity (Wildman–Crippen MR) is 87.1 cm³/mol. The molecule has 20 heavy (non-hydrogen) atoms. The van der Waals surface area contributed by atoms with Crippen LogP contribution in [0.3, 0.4) is 0 Å². The Bertz CT molecular complexity index is 379. The molecule has 0 radical (unpaired) electrons. The first-order chi connectivity index (χ1) is 9.66. The highest BCUT2D eigenvalue weighted by Gasteiger charge is 2.22. The Hall–Kier alpha value is -0.860. The standard InChI is InChI=1S/C18H30N2/c1-15(2)20(3)13-5-4-12-19-14-16-6-8-17(9-7-16)18-10-11-18/h6-9,15,18-19H,4-5,10-14H2,1-3H3. The first-order valence-electron chi connectivity index (χ1n) is 8.16. The molecule has 0 spiro atoms. The molecular weight excluding hydrogens is 244 g/mol. The summed E-state index contributed by atoms with van der Waals surface area (Å²) in [6.07, 6.45) is 5.32. The summed E-state index contributed by atoms with van der Waals surface area (Å²) in [4.78, 5) is 2.41. The van der Waals surface area contributed by atoms with Gasteiger partial charge in [0.1, 0.15) is 0 Å². The number of rotatable bonds is 9. The second kappa shape index (κ2) is 7.80. The summed E-state index contributed by atoms with van der Waals surface area (Å²) >= 11 is 0. The van der Waals surface area contributed by atoms with Crippen LogP contribution in [0.5, 0.6) is 0 Å². The van der Waals surface area contributed by atoms with Crippen molar-refractivity contribution in [3.63, 3.8) is 0 Å². The number of hydrogen-bond acceptors (Lipinski definition) is 2. The Balaban J connectivity index is 1.54. The highest BCUT2D eigenvalue weighted by molar-refractivity contribution is 5.27. The third-order valence-electron chi connectivity index (χ3n) is 4.35. The number of unbranched alkanes of at least 4 members (excludes halogenated alkanes) is 1. The van der Waals surface area contributed by atoms with Crippen LogP contribution in [0.15, 0.2) is 24.3 Å². The molecule has 112 valence electrons. The number of hydrogen-bond donors (Lipinski definition) is 1. The average Bonchev–Trinajstić information content (AvgIpc) is 3.27. The van der Waals surface area contributed by atoms with Gasteiger partial charge in [-0.15, -0.1) is 0 Å². The van der Waals surface area contributed by atoms with E-state index in [4.69, 9.17) is 0 Å². The van der Waals surface area contributed by atoms with Crippen molar-refractivity contribution in [2.24, 2.45) is 0 Å². The van der Waals surface area contributed by atoms with E-state index < -0.39 is 0 Å². The fraction of sp³-hybridized carbons (Fsp3) is 0.667. The van der Waals surface area contributed by atoms with Crippen LogP contribution in [-0.4, -0.2) is 31.1 Å². The van der Waals surface area contributed by atoms with Crippen molar-refractivity contribution in [3.8, 4) is 0 Å². The van der Waals surface area contributed by atoms with Gasteiger partial charge in [-0.25, -0.2) is 0 Å². The molecule has 0 amide bonds. The highest BCUT2D eigenvalue weighted by atomic mass is 15.1. The molecule has 0 saturated heterocycles. The molecule has 1 aromatic carbocycles. The maximum Gasteiger partial charge on any atom is 0.0205 e. The zero-order valence-electron chi connectivity index (χ0n) is 13.4. The molecule has 2 heteroatoms. The third-order valence-corrected chi connectivity index (χ3v) is 4.35. The van der Waals surface area contributed by atoms with Crippen LogP contribution in [0.25, 0.3) is 0 Å². The van der Waals surface area contributed by atoms with Gasteiger partial charge < -0.3 is 10.2 Å². The van der Waals surface area contributed by atoms with Crippen LogP contribution in [0.4, 0.5) is 0 Å². The van der Waals surface area contributed by atoms with E-state index in [0.29, 0.717) is 6.04 Å². The van der Waals surface area contributed by atoms with E-state index in [1.54, 1.807) is 0 Å². The van der Waals surface area contributed by atoms with Gasteiger partial charge in [0, 0.05) is 12.6 Å². The summed E-state index contributed by atoms with van der Waals surface area (Å²) in [5, 5.41) is 3.55. The molecular formula is C18H30N2. The Morgan fingerprint density at radius 2 is 1.85 bits per heavy atom. The molecule has 0 aromatic heterocycles. The van der Waals surface area contributed by atoms with E-state index in [9.17, 15) is 0 Å². The molecule has 1 saturated carbocycles. The zero-order valence-corrected chi connectivity index (χ0v) is 13.4. The number of nitrogens with zero attached hydrogens (tertiary/aromatic N) is 1. The molecule has 2 nitrogen and oxygen atoms in total. The number of nitrogens with one attached hydrogen (secondary N) is 1. The maximum atomic E-state index is 3.55. The lowest BCUT2D eigenvalue weighted by atomic mass is 10.1. The van der Waals surface area contributed by atoms with Gasteiger partial charge in [0.25, 0.3) is 0 Å². The van der Waals surface area contributed by atoms with E-state index in [0.717, 1.165) is 19.0 Å². The van der Waals surface area contributed by atoms with Gasteiger partial charge in [-0.2, -0.15) is 0 Å². The van der Waals surface area contributed by atoms with Crippen LogP contribution < -0.4 is 5.32 Å². The smallest absolute Gasteiger partial charge is 0.0205 e. The molecule has 0 heterocycles. The van der Waals surface area contributed by atoms with Crippen molar-refractivity contribution >= 4 is 0 Å². The molecule has 0 atom stereocenters. The Morgan fingerprint density at radius 3 is 2.45 bits per heavy atom. The minimum absolute atomic E-state index is 0.660. The van der Waals surface area contributed by atoms with Gasteiger partial charge in [-0.1, -0.05) is 24.3 Å². The van der Waals surface area contributed by atoms with Crippen LogP contribution in [-0.2, 0) is 6.54 Å². The Labute approximate surface area is 124 Å². The summed E-state index contributed by atoms with van der Waals surface area (Å²) in [7, 11) is 2.21. The topological polar surface area (TPSA) is 15.3 Å². The lowest BCUT2D eigenvalue weighted by Crippen LogP contribution is -2.27. The summed E-state index contributed by atoms with van der Waals surface area (Å²) in [5.41, 5.74) is 2.94. The van der Waals surface area contributed by atoms with Gasteiger partial charge in [0.05, 0.1) is 0 Å². The minimum Gasteiger partial charge on any atom is -0.313 e. The summed E-state index contributed by atoms with van der Waals surface area (Å²) in [6, 6.07) is 9.85. The first-order valence-corrected chi connectivity index (χ1v) is 8.16. The van der Waals surface area contributed by atoms with Crippen molar-refractivity contribution in [3.05, 3.63) is 35.4 Å². The summed E-state index contributed by atoms with van der Waals surface area (Å²) in [6.45, 7) is 7.84. The predicted octanol–water partition coefficient (Wildman–Crippen LogP) is 3.77. The van der Waals surface area contributed by atoms with Gasteiger partial charge in [0.15, 0.2) is 0 Å². The number of benzene rings is 1. The lowest BCUT2D eigenvalue weighted by Gasteiger charge is -2.20. The molecule has 1 aliphatic rings. The van der Waals surface area contributed by atoms with Gasteiger partial charge in [0.2, 0.25) is 0 Å². The quantitative estimate of drug-likeness (QED) is 0.690. The average molecular weight is 274 g/mol. The normalized spacial score (nSPS) is 15.2. The molecule has 1 aromatic rings. The molecule has 1 aliphatic carbocycles. The van der Waals surface area contributed by atoms with Crippen molar-refractivity contribution in [1.29, 1.82) is 0 Å². The first kappa shape index (κ1) is 15.5. The van der Waals surface area contributed by atoms with E-state index in [1.165, 1.54) is 43.4 Å². The van der Waals surface area contributed by atoms with Crippen LogP contribution >= 0.6 is 0 Å². The Morgan fingerprint density at radius 1 is 1.15 bits per heavy atom. The van der Waals surface area contributed by atoms with Crippen LogP contribution in [0.2, 0.25) is 0 Å². The van der Waals surface area contributed by atoms with Gasteiger partial charge >= 0.3 is 0 Å². The molecule has 0 aliphatic heterocycles. The Kier molecular flexibility index (Phi) is 6.06. The van der Waals surface area contributed by atoms with Gasteiger partial charge in [-0.3, -0.25) is 0 Å². The van der Waals surface area contributed by atoms with Crippen molar-refractivity contribution < 1.29 is 0 Å².